The van der Waals surface area contributed by atoms with Crippen molar-refractivity contribution in [3.05, 3.63) is 59.1 Å². The molecule has 0 spiro atoms. The van der Waals surface area contributed by atoms with Gasteiger partial charge in [0.2, 0.25) is 5.91 Å². The Hall–Kier alpha value is -2.02. The van der Waals surface area contributed by atoms with Crippen molar-refractivity contribution in [2.75, 3.05) is 25.6 Å². The summed E-state index contributed by atoms with van der Waals surface area (Å²) in [6, 6.07) is 14.9. The number of rotatable bonds is 8. The van der Waals surface area contributed by atoms with Gasteiger partial charge < -0.3 is 15.4 Å². The van der Waals surface area contributed by atoms with Gasteiger partial charge in [0.05, 0.1) is 22.1 Å². The van der Waals surface area contributed by atoms with E-state index in [1.54, 1.807) is 37.1 Å². The Bertz CT molecular complexity index is 854. The van der Waals surface area contributed by atoms with Crippen LogP contribution in [0.3, 0.4) is 0 Å². The van der Waals surface area contributed by atoms with Gasteiger partial charge in [-0.15, -0.1) is 11.8 Å². The summed E-state index contributed by atoms with van der Waals surface area (Å²) in [5.74, 6) is -0.300. The van der Waals surface area contributed by atoms with Gasteiger partial charge in [0.1, 0.15) is 0 Å². The van der Waals surface area contributed by atoms with Crippen molar-refractivity contribution in [3.63, 3.8) is 0 Å². The summed E-state index contributed by atoms with van der Waals surface area (Å²) in [7, 11) is 1.58. The third-order valence-electron chi connectivity index (χ3n) is 4.95. The zero-order valence-corrected chi connectivity index (χ0v) is 17.9. The molecule has 1 aliphatic rings. The molecule has 7 heteroatoms. The van der Waals surface area contributed by atoms with Crippen LogP contribution in [0.15, 0.2) is 53.4 Å². The highest BCUT2D eigenvalue weighted by Crippen LogP contribution is 2.46. The predicted molar refractivity (Wildman–Crippen MR) is 118 cm³/mol. The lowest BCUT2D eigenvalue weighted by atomic mass is 10.1. The molecule has 1 fully saturated rings. The highest BCUT2D eigenvalue weighted by atomic mass is 35.5. The van der Waals surface area contributed by atoms with E-state index in [9.17, 15) is 9.59 Å². The number of anilines is 1. The predicted octanol–water partition coefficient (Wildman–Crippen LogP) is 4.76. The molecule has 1 saturated carbocycles. The van der Waals surface area contributed by atoms with Crippen molar-refractivity contribution < 1.29 is 14.3 Å². The van der Waals surface area contributed by atoms with Crippen LogP contribution in [-0.2, 0) is 9.53 Å². The van der Waals surface area contributed by atoms with Gasteiger partial charge in [-0.05, 0) is 43.2 Å². The Kier molecular flexibility index (Phi) is 7.58. The average molecular weight is 433 g/mol. The van der Waals surface area contributed by atoms with Crippen LogP contribution in [0.5, 0.6) is 0 Å². The number of ether oxygens (including phenoxy) is 1. The highest BCUT2D eigenvalue weighted by Gasteiger charge is 2.42. The van der Waals surface area contributed by atoms with Crippen LogP contribution in [0.25, 0.3) is 0 Å². The first-order valence-electron chi connectivity index (χ1n) is 9.66. The molecule has 2 amide bonds. The quantitative estimate of drug-likeness (QED) is 0.590. The fourth-order valence-corrected chi connectivity index (χ4v) is 4.95. The minimum absolute atomic E-state index is 0.0669. The van der Waals surface area contributed by atoms with Crippen molar-refractivity contribution in [1.82, 2.24) is 5.32 Å². The second kappa shape index (κ2) is 10.1. The summed E-state index contributed by atoms with van der Waals surface area (Å²) >= 11 is 7.92. The normalized spacial score (nSPS) is 15.1. The summed E-state index contributed by atoms with van der Waals surface area (Å²) in [5, 5.41) is 6.16. The number of amides is 2. The topological polar surface area (TPSA) is 67.4 Å². The van der Waals surface area contributed by atoms with Gasteiger partial charge in [-0.1, -0.05) is 42.6 Å². The molecule has 2 N–H and O–H groups in total. The standard InChI is InChI=1S/C22H25ClN2O3S/c1-28-14-13-24-20(26)16-9-10-18(23)19(15-16)25-21(27)22(11-5-6-12-22)29-17-7-3-2-4-8-17/h2-4,7-10,15H,5-6,11-14H2,1H3,(H,24,26)(H,25,27). The molecular formula is C22H25ClN2O3S. The molecule has 0 unspecified atom stereocenters. The van der Waals surface area contributed by atoms with Crippen LogP contribution in [-0.4, -0.2) is 36.8 Å². The van der Waals surface area contributed by atoms with Gasteiger partial charge in [-0.3, -0.25) is 9.59 Å². The second-order valence-corrected chi connectivity index (χ2v) is 8.88. The van der Waals surface area contributed by atoms with Crippen LogP contribution in [0.1, 0.15) is 36.0 Å². The maximum Gasteiger partial charge on any atom is 0.251 e. The van der Waals surface area contributed by atoms with Gasteiger partial charge in [0, 0.05) is 24.1 Å². The van der Waals surface area contributed by atoms with E-state index in [1.807, 2.05) is 30.3 Å². The van der Waals surface area contributed by atoms with Gasteiger partial charge in [-0.2, -0.15) is 0 Å². The lowest BCUT2D eigenvalue weighted by Crippen LogP contribution is -2.37. The Morgan fingerprint density at radius 1 is 1.14 bits per heavy atom. The molecule has 1 aliphatic carbocycles. The number of carbonyl (C=O) groups is 2. The third-order valence-corrected chi connectivity index (χ3v) is 6.77. The molecule has 0 atom stereocenters. The number of benzene rings is 2. The average Bonchev–Trinajstić information content (AvgIpc) is 3.20. The number of carbonyl (C=O) groups excluding carboxylic acids is 2. The maximum absolute atomic E-state index is 13.3. The molecule has 2 aromatic rings. The number of hydrogen-bond donors (Lipinski definition) is 2. The Labute approximate surface area is 180 Å². The van der Waals surface area contributed by atoms with Crippen LogP contribution in [0.2, 0.25) is 5.02 Å². The molecule has 29 heavy (non-hydrogen) atoms. The van der Waals surface area contributed by atoms with Crippen molar-refractivity contribution in [2.45, 2.75) is 35.3 Å². The molecule has 0 saturated heterocycles. The Morgan fingerprint density at radius 2 is 1.86 bits per heavy atom. The first-order valence-corrected chi connectivity index (χ1v) is 10.9. The van der Waals surface area contributed by atoms with E-state index in [1.165, 1.54) is 0 Å². The summed E-state index contributed by atoms with van der Waals surface area (Å²) in [6.45, 7) is 0.846. The molecule has 0 aliphatic heterocycles. The zero-order valence-electron chi connectivity index (χ0n) is 16.4. The Balaban J connectivity index is 1.76. The van der Waals surface area contributed by atoms with Gasteiger partial charge in [0.15, 0.2) is 0 Å². The Morgan fingerprint density at radius 3 is 2.55 bits per heavy atom. The fourth-order valence-electron chi connectivity index (χ4n) is 3.40. The van der Waals surface area contributed by atoms with Crippen molar-refractivity contribution in [1.29, 1.82) is 0 Å². The van der Waals surface area contributed by atoms with Gasteiger partial charge in [0.25, 0.3) is 5.91 Å². The number of methoxy groups -OCH3 is 1. The van der Waals surface area contributed by atoms with Crippen LogP contribution >= 0.6 is 23.4 Å². The summed E-state index contributed by atoms with van der Waals surface area (Å²) < 4.78 is 4.42. The van der Waals surface area contributed by atoms with E-state index in [2.05, 4.69) is 10.6 Å². The molecule has 0 bridgehead atoms. The first-order chi connectivity index (χ1) is 14.0. The lowest BCUT2D eigenvalue weighted by Gasteiger charge is -2.27. The SMILES string of the molecule is COCCNC(=O)c1ccc(Cl)c(NC(=O)C2(Sc3ccccc3)CCCC2)c1. The molecule has 0 aromatic heterocycles. The second-order valence-electron chi connectivity index (χ2n) is 7.01. The van der Waals surface area contributed by atoms with E-state index < -0.39 is 4.75 Å². The summed E-state index contributed by atoms with van der Waals surface area (Å²) in [6.07, 6.45) is 3.66. The zero-order chi connectivity index (χ0) is 20.7. The molecule has 154 valence electrons. The highest BCUT2D eigenvalue weighted by molar-refractivity contribution is 8.01. The molecule has 0 heterocycles. The third kappa shape index (κ3) is 5.53. The number of thioether (sulfide) groups is 1. The first kappa shape index (κ1) is 21.7. The van der Waals surface area contributed by atoms with Crippen LogP contribution < -0.4 is 10.6 Å². The minimum Gasteiger partial charge on any atom is -0.383 e. The van der Waals surface area contributed by atoms with E-state index in [4.69, 9.17) is 16.3 Å². The van der Waals surface area contributed by atoms with Crippen molar-refractivity contribution >= 4 is 40.9 Å². The summed E-state index contributed by atoms with van der Waals surface area (Å²) in [5.41, 5.74) is 0.896. The minimum atomic E-state index is -0.526. The van der Waals surface area contributed by atoms with E-state index in [0.29, 0.717) is 29.4 Å². The summed E-state index contributed by atoms with van der Waals surface area (Å²) in [4.78, 5) is 26.7. The van der Waals surface area contributed by atoms with Crippen LogP contribution in [0, 0.1) is 0 Å². The van der Waals surface area contributed by atoms with Crippen molar-refractivity contribution in [3.8, 4) is 0 Å². The molecule has 5 nitrogen and oxygen atoms in total. The molecule has 2 aromatic carbocycles. The van der Waals surface area contributed by atoms with E-state index in [-0.39, 0.29) is 11.8 Å². The lowest BCUT2D eigenvalue weighted by molar-refractivity contribution is -0.118. The van der Waals surface area contributed by atoms with Gasteiger partial charge >= 0.3 is 0 Å². The van der Waals surface area contributed by atoms with Crippen molar-refractivity contribution in [2.24, 2.45) is 0 Å². The van der Waals surface area contributed by atoms with E-state index >= 15 is 0 Å². The largest absolute Gasteiger partial charge is 0.383 e. The van der Waals surface area contributed by atoms with E-state index in [0.717, 1.165) is 30.6 Å². The number of halogens is 1. The van der Waals surface area contributed by atoms with Crippen LogP contribution in [0.4, 0.5) is 5.69 Å². The van der Waals surface area contributed by atoms with Gasteiger partial charge in [-0.25, -0.2) is 0 Å². The maximum atomic E-state index is 13.3. The monoisotopic (exact) mass is 432 g/mol. The smallest absolute Gasteiger partial charge is 0.251 e. The molecular weight excluding hydrogens is 408 g/mol. The number of hydrogen-bond acceptors (Lipinski definition) is 4. The number of nitrogens with one attached hydrogen (secondary N) is 2. The molecule has 3 rings (SSSR count). The fraction of sp³-hybridized carbons (Fsp3) is 0.364. The molecule has 0 radical (unpaired) electrons.